The van der Waals surface area contributed by atoms with Crippen molar-refractivity contribution in [3.05, 3.63) is 0 Å². The fourth-order valence-electron chi connectivity index (χ4n) is 2.16. The van der Waals surface area contributed by atoms with E-state index >= 15 is 0 Å². The Bertz CT molecular complexity index is 211. The molecule has 2 aliphatic rings. The summed E-state index contributed by atoms with van der Waals surface area (Å²) in [6.07, 6.45) is 2.77. The number of carbonyl (C=O) groups excluding carboxylic acids is 1. The van der Waals surface area contributed by atoms with Crippen LogP contribution in [0.25, 0.3) is 0 Å². The lowest BCUT2D eigenvalue weighted by molar-refractivity contribution is -0.127. The summed E-state index contributed by atoms with van der Waals surface area (Å²) in [6, 6.07) is 0.401. The number of ether oxygens (including phenoxy) is 1. The van der Waals surface area contributed by atoms with Crippen molar-refractivity contribution in [3.63, 3.8) is 0 Å². The lowest BCUT2D eigenvalue weighted by Crippen LogP contribution is -2.40. The molecule has 1 N–H and O–H groups in total. The number of ketones is 1. The molecule has 2 fully saturated rings. The summed E-state index contributed by atoms with van der Waals surface area (Å²) in [7, 11) is 0. The Balaban J connectivity index is 1.74. The molecule has 2 unspecified atom stereocenters. The normalized spacial score (nSPS) is 32.5. The second-order valence-electron chi connectivity index (χ2n) is 4.31. The first-order valence-electron chi connectivity index (χ1n) is 5.78. The van der Waals surface area contributed by atoms with E-state index < -0.39 is 0 Å². The van der Waals surface area contributed by atoms with Crippen LogP contribution in [0.3, 0.4) is 0 Å². The zero-order chi connectivity index (χ0) is 10.5. The number of thioether (sulfide) groups is 1. The summed E-state index contributed by atoms with van der Waals surface area (Å²) in [5.41, 5.74) is 0. The van der Waals surface area contributed by atoms with Crippen LogP contribution in [0.2, 0.25) is 0 Å². The van der Waals surface area contributed by atoms with Crippen LogP contribution >= 0.6 is 11.8 Å². The first-order chi connectivity index (χ1) is 7.36. The van der Waals surface area contributed by atoms with Crippen LogP contribution < -0.4 is 5.32 Å². The average molecular weight is 229 g/mol. The van der Waals surface area contributed by atoms with E-state index in [9.17, 15) is 4.79 Å². The predicted molar refractivity (Wildman–Crippen MR) is 62.3 cm³/mol. The molecule has 0 aliphatic carbocycles. The summed E-state index contributed by atoms with van der Waals surface area (Å²) in [5.74, 6) is 2.83. The van der Waals surface area contributed by atoms with Crippen molar-refractivity contribution in [2.24, 2.45) is 5.92 Å². The van der Waals surface area contributed by atoms with Crippen molar-refractivity contribution in [1.82, 2.24) is 5.32 Å². The first-order valence-corrected chi connectivity index (χ1v) is 6.93. The smallest absolute Gasteiger partial charge is 0.139 e. The Labute approximate surface area is 95.3 Å². The van der Waals surface area contributed by atoms with Crippen LogP contribution in [0.15, 0.2) is 0 Å². The Hall–Kier alpha value is -0.0600. The Morgan fingerprint density at radius 3 is 3.13 bits per heavy atom. The largest absolute Gasteiger partial charge is 0.381 e. The molecule has 86 valence electrons. The minimum atomic E-state index is 0.174. The molecule has 0 radical (unpaired) electrons. The molecule has 0 aromatic carbocycles. The van der Waals surface area contributed by atoms with Gasteiger partial charge in [0.2, 0.25) is 0 Å². The highest BCUT2D eigenvalue weighted by molar-refractivity contribution is 7.99. The Kier molecular flexibility index (Phi) is 4.47. The van der Waals surface area contributed by atoms with Gasteiger partial charge in [-0.3, -0.25) is 4.79 Å². The molecule has 4 heteroatoms. The Morgan fingerprint density at radius 1 is 1.53 bits per heavy atom. The third-order valence-electron chi connectivity index (χ3n) is 3.06. The van der Waals surface area contributed by atoms with Gasteiger partial charge >= 0.3 is 0 Å². The summed E-state index contributed by atoms with van der Waals surface area (Å²) < 4.78 is 5.35. The molecule has 2 saturated heterocycles. The van der Waals surface area contributed by atoms with Crippen molar-refractivity contribution in [2.45, 2.75) is 25.3 Å². The zero-order valence-electron chi connectivity index (χ0n) is 9.04. The molecule has 2 atom stereocenters. The van der Waals surface area contributed by atoms with Gasteiger partial charge in [0.15, 0.2) is 0 Å². The van der Waals surface area contributed by atoms with Gasteiger partial charge in [-0.2, -0.15) is 11.8 Å². The number of hydrogen-bond acceptors (Lipinski definition) is 4. The Morgan fingerprint density at radius 2 is 2.47 bits per heavy atom. The molecule has 0 bridgehead atoms. The van der Waals surface area contributed by atoms with E-state index in [1.165, 1.54) is 5.75 Å². The van der Waals surface area contributed by atoms with Crippen molar-refractivity contribution >= 4 is 17.5 Å². The van der Waals surface area contributed by atoms with Crippen molar-refractivity contribution in [1.29, 1.82) is 0 Å². The van der Waals surface area contributed by atoms with E-state index in [0.29, 0.717) is 24.9 Å². The quantitative estimate of drug-likeness (QED) is 0.786. The van der Waals surface area contributed by atoms with E-state index in [1.807, 2.05) is 11.8 Å². The number of hydrogen-bond donors (Lipinski definition) is 1. The fraction of sp³-hybridized carbons (Fsp3) is 0.909. The molecular formula is C11H19NO2S. The minimum Gasteiger partial charge on any atom is -0.381 e. The molecular weight excluding hydrogens is 210 g/mol. The van der Waals surface area contributed by atoms with E-state index in [1.54, 1.807) is 0 Å². The molecule has 2 heterocycles. The fourth-order valence-corrected chi connectivity index (χ4v) is 3.10. The first kappa shape index (κ1) is 11.4. The van der Waals surface area contributed by atoms with E-state index in [4.69, 9.17) is 4.74 Å². The molecule has 15 heavy (non-hydrogen) atoms. The topological polar surface area (TPSA) is 38.3 Å². The minimum absolute atomic E-state index is 0.174. The number of nitrogens with one attached hydrogen (secondary N) is 1. The van der Waals surface area contributed by atoms with Crippen LogP contribution in [-0.2, 0) is 9.53 Å². The van der Waals surface area contributed by atoms with E-state index in [-0.39, 0.29) is 5.92 Å². The highest BCUT2D eigenvalue weighted by atomic mass is 32.2. The highest BCUT2D eigenvalue weighted by Gasteiger charge is 2.25. The maximum atomic E-state index is 11.9. The number of Topliss-reactive ketones (excluding diaryl/α,β-unsaturated/α-hetero) is 1. The third-order valence-corrected chi connectivity index (χ3v) is 4.19. The highest BCUT2D eigenvalue weighted by Crippen LogP contribution is 2.18. The van der Waals surface area contributed by atoms with Crippen LogP contribution in [0.1, 0.15) is 19.3 Å². The van der Waals surface area contributed by atoms with Gasteiger partial charge in [0.05, 0.1) is 6.61 Å². The standard InChI is InChI=1S/C11H19NO2S/c13-11(9-2-1-4-14-7-9)6-10-8-15-5-3-12-10/h9-10,12H,1-8H2. The van der Waals surface area contributed by atoms with E-state index in [0.717, 1.165) is 31.7 Å². The van der Waals surface area contributed by atoms with Crippen LogP contribution in [-0.4, -0.2) is 43.1 Å². The van der Waals surface area contributed by atoms with Crippen molar-refractivity contribution in [2.75, 3.05) is 31.3 Å². The number of carbonyl (C=O) groups is 1. The van der Waals surface area contributed by atoms with Gasteiger partial charge in [-0.05, 0) is 12.8 Å². The van der Waals surface area contributed by atoms with Gasteiger partial charge in [0.1, 0.15) is 5.78 Å². The predicted octanol–water partition coefficient (Wildman–Crippen LogP) is 1.08. The molecule has 0 amide bonds. The monoisotopic (exact) mass is 229 g/mol. The summed E-state index contributed by atoms with van der Waals surface area (Å²) in [4.78, 5) is 11.9. The summed E-state index contributed by atoms with van der Waals surface area (Å²) in [6.45, 7) is 2.53. The zero-order valence-corrected chi connectivity index (χ0v) is 9.85. The van der Waals surface area contributed by atoms with Crippen molar-refractivity contribution in [3.8, 4) is 0 Å². The lowest BCUT2D eigenvalue weighted by Gasteiger charge is -2.26. The van der Waals surface area contributed by atoms with Gasteiger partial charge in [0, 0.05) is 43.0 Å². The maximum Gasteiger partial charge on any atom is 0.139 e. The maximum absolute atomic E-state index is 11.9. The van der Waals surface area contributed by atoms with Crippen LogP contribution in [0, 0.1) is 5.92 Å². The SMILES string of the molecule is O=C(CC1CSCCN1)C1CCCOC1. The molecule has 0 spiro atoms. The lowest BCUT2D eigenvalue weighted by atomic mass is 9.93. The van der Waals surface area contributed by atoms with Gasteiger partial charge < -0.3 is 10.1 Å². The second kappa shape index (κ2) is 5.87. The molecule has 0 saturated carbocycles. The van der Waals surface area contributed by atoms with Crippen LogP contribution in [0.5, 0.6) is 0 Å². The molecule has 2 aliphatic heterocycles. The third kappa shape index (κ3) is 3.47. The van der Waals surface area contributed by atoms with Crippen molar-refractivity contribution < 1.29 is 9.53 Å². The van der Waals surface area contributed by atoms with E-state index in [2.05, 4.69) is 5.32 Å². The molecule has 0 aromatic heterocycles. The second-order valence-corrected chi connectivity index (χ2v) is 5.46. The molecule has 0 aromatic rings. The summed E-state index contributed by atoms with van der Waals surface area (Å²) in [5, 5.41) is 3.41. The van der Waals surface area contributed by atoms with Gasteiger partial charge in [0.25, 0.3) is 0 Å². The van der Waals surface area contributed by atoms with Crippen LogP contribution in [0.4, 0.5) is 0 Å². The number of rotatable bonds is 3. The summed E-state index contributed by atoms with van der Waals surface area (Å²) >= 11 is 1.95. The molecule has 3 nitrogen and oxygen atoms in total. The average Bonchev–Trinajstić information content (AvgIpc) is 2.31. The van der Waals surface area contributed by atoms with Gasteiger partial charge in [-0.1, -0.05) is 0 Å². The molecule has 2 rings (SSSR count). The van der Waals surface area contributed by atoms with Gasteiger partial charge in [-0.15, -0.1) is 0 Å². The van der Waals surface area contributed by atoms with Gasteiger partial charge in [-0.25, -0.2) is 0 Å².